The maximum atomic E-state index is 6.10. The standard InChI is InChI=1S/C13H13ClN2O/c1-8-6-10(17-3)4-5-11(8)12-9(2)7-15-16-13(12)14/h4-7H,1-3H3. The van der Waals surface area contributed by atoms with Crippen LogP contribution in [0.5, 0.6) is 5.75 Å². The Bertz CT molecular complexity index is 535. The Morgan fingerprint density at radius 2 is 1.94 bits per heavy atom. The van der Waals surface area contributed by atoms with Crippen molar-refractivity contribution < 1.29 is 4.74 Å². The maximum absolute atomic E-state index is 6.10. The van der Waals surface area contributed by atoms with Crippen LogP contribution in [0.25, 0.3) is 11.1 Å². The number of methoxy groups -OCH3 is 1. The summed E-state index contributed by atoms with van der Waals surface area (Å²) in [5.74, 6) is 0.835. The molecular formula is C13H13ClN2O. The van der Waals surface area contributed by atoms with Crippen molar-refractivity contribution in [1.29, 1.82) is 0 Å². The summed E-state index contributed by atoms with van der Waals surface area (Å²) in [6.07, 6.45) is 1.71. The van der Waals surface area contributed by atoms with Crippen LogP contribution in [0.15, 0.2) is 24.4 Å². The number of rotatable bonds is 2. The average molecular weight is 249 g/mol. The first-order valence-corrected chi connectivity index (χ1v) is 5.64. The summed E-state index contributed by atoms with van der Waals surface area (Å²) in [7, 11) is 1.65. The molecule has 4 heteroatoms. The molecule has 1 aromatic heterocycles. The van der Waals surface area contributed by atoms with Gasteiger partial charge in [-0.3, -0.25) is 0 Å². The van der Waals surface area contributed by atoms with Crippen molar-refractivity contribution in [2.45, 2.75) is 13.8 Å². The SMILES string of the molecule is COc1ccc(-c2c(C)cnnc2Cl)c(C)c1. The van der Waals surface area contributed by atoms with Gasteiger partial charge >= 0.3 is 0 Å². The molecule has 0 atom stereocenters. The van der Waals surface area contributed by atoms with Crippen LogP contribution in [0.1, 0.15) is 11.1 Å². The number of hydrogen-bond acceptors (Lipinski definition) is 3. The lowest BCUT2D eigenvalue weighted by atomic mass is 9.99. The Labute approximate surface area is 105 Å². The van der Waals surface area contributed by atoms with E-state index in [1.807, 2.05) is 32.0 Å². The molecule has 0 unspecified atom stereocenters. The van der Waals surface area contributed by atoms with Crippen molar-refractivity contribution in [3.8, 4) is 16.9 Å². The van der Waals surface area contributed by atoms with Crippen LogP contribution in [-0.4, -0.2) is 17.3 Å². The zero-order chi connectivity index (χ0) is 12.4. The van der Waals surface area contributed by atoms with E-state index in [-0.39, 0.29) is 0 Å². The molecule has 0 radical (unpaired) electrons. The topological polar surface area (TPSA) is 35.0 Å². The highest BCUT2D eigenvalue weighted by atomic mass is 35.5. The Balaban J connectivity index is 2.61. The van der Waals surface area contributed by atoms with Crippen LogP contribution in [0.2, 0.25) is 5.15 Å². The van der Waals surface area contributed by atoms with E-state index in [0.29, 0.717) is 5.15 Å². The van der Waals surface area contributed by atoms with Crippen LogP contribution in [0, 0.1) is 13.8 Å². The minimum Gasteiger partial charge on any atom is -0.497 e. The molecule has 0 saturated heterocycles. The molecule has 0 N–H and O–H groups in total. The number of ether oxygens (including phenoxy) is 1. The second-order valence-corrected chi connectivity index (χ2v) is 4.23. The van der Waals surface area contributed by atoms with Gasteiger partial charge in [-0.05, 0) is 42.7 Å². The van der Waals surface area contributed by atoms with E-state index in [0.717, 1.165) is 28.0 Å². The molecule has 1 heterocycles. The lowest BCUT2D eigenvalue weighted by Crippen LogP contribution is -1.94. The van der Waals surface area contributed by atoms with Crippen LogP contribution < -0.4 is 4.74 Å². The summed E-state index contributed by atoms with van der Waals surface area (Å²) in [6, 6.07) is 5.88. The van der Waals surface area contributed by atoms with Gasteiger partial charge in [0.1, 0.15) is 5.75 Å². The van der Waals surface area contributed by atoms with Gasteiger partial charge in [0.05, 0.1) is 13.3 Å². The largest absolute Gasteiger partial charge is 0.497 e. The summed E-state index contributed by atoms with van der Waals surface area (Å²) in [6.45, 7) is 3.99. The Hall–Kier alpha value is -1.61. The zero-order valence-electron chi connectivity index (χ0n) is 9.99. The minimum absolute atomic E-state index is 0.429. The molecule has 0 saturated carbocycles. The van der Waals surface area contributed by atoms with Crippen LogP contribution in [0.4, 0.5) is 0 Å². The number of benzene rings is 1. The molecule has 0 aliphatic heterocycles. The fraction of sp³-hybridized carbons (Fsp3) is 0.231. The number of hydrogen-bond donors (Lipinski definition) is 0. The molecule has 0 fully saturated rings. The molecule has 0 amide bonds. The number of aryl methyl sites for hydroxylation is 2. The molecule has 0 bridgehead atoms. The second-order valence-electron chi connectivity index (χ2n) is 3.87. The molecule has 0 aliphatic carbocycles. The van der Waals surface area contributed by atoms with E-state index in [1.54, 1.807) is 13.3 Å². The number of nitrogens with zero attached hydrogens (tertiary/aromatic N) is 2. The van der Waals surface area contributed by atoms with E-state index >= 15 is 0 Å². The highest BCUT2D eigenvalue weighted by Crippen LogP contribution is 2.32. The zero-order valence-corrected chi connectivity index (χ0v) is 10.7. The lowest BCUT2D eigenvalue weighted by molar-refractivity contribution is 0.414. The predicted octanol–water partition coefficient (Wildman–Crippen LogP) is 3.42. The monoisotopic (exact) mass is 248 g/mol. The number of halogens is 1. The molecule has 1 aromatic carbocycles. The van der Waals surface area contributed by atoms with Crippen molar-refractivity contribution in [3.05, 3.63) is 40.7 Å². The van der Waals surface area contributed by atoms with Gasteiger partial charge in [-0.2, -0.15) is 5.10 Å². The molecule has 0 aliphatic rings. The van der Waals surface area contributed by atoms with Gasteiger partial charge in [0.15, 0.2) is 5.15 Å². The van der Waals surface area contributed by atoms with Crippen molar-refractivity contribution in [2.75, 3.05) is 7.11 Å². The van der Waals surface area contributed by atoms with E-state index in [9.17, 15) is 0 Å². The molecule has 2 rings (SSSR count). The highest BCUT2D eigenvalue weighted by molar-refractivity contribution is 6.32. The third-order valence-electron chi connectivity index (χ3n) is 2.70. The molecule has 88 valence electrons. The number of aromatic nitrogens is 2. The highest BCUT2D eigenvalue weighted by Gasteiger charge is 2.11. The van der Waals surface area contributed by atoms with Crippen molar-refractivity contribution in [1.82, 2.24) is 10.2 Å². The first kappa shape index (κ1) is 11.9. The average Bonchev–Trinajstić information content (AvgIpc) is 2.30. The summed E-state index contributed by atoms with van der Waals surface area (Å²) in [4.78, 5) is 0. The van der Waals surface area contributed by atoms with Gasteiger partial charge in [0, 0.05) is 5.56 Å². The van der Waals surface area contributed by atoms with Gasteiger partial charge in [0.25, 0.3) is 0 Å². The lowest BCUT2D eigenvalue weighted by Gasteiger charge is -2.11. The molecular weight excluding hydrogens is 236 g/mol. The fourth-order valence-corrected chi connectivity index (χ4v) is 2.11. The first-order chi connectivity index (χ1) is 8.13. The maximum Gasteiger partial charge on any atom is 0.159 e. The van der Waals surface area contributed by atoms with Crippen molar-refractivity contribution in [2.24, 2.45) is 0 Å². The predicted molar refractivity (Wildman–Crippen MR) is 68.5 cm³/mol. The summed E-state index contributed by atoms with van der Waals surface area (Å²) in [5.41, 5.74) is 4.10. The van der Waals surface area contributed by atoms with Crippen molar-refractivity contribution >= 4 is 11.6 Å². The molecule has 2 aromatic rings. The normalized spacial score (nSPS) is 10.4. The Morgan fingerprint density at radius 3 is 2.53 bits per heavy atom. The van der Waals surface area contributed by atoms with Crippen molar-refractivity contribution in [3.63, 3.8) is 0 Å². The van der Waals surface area contributed by atoms with E-state index in [1.165, 1.54) is 0 Å². The smallest absolute Gasteiger partial charge is 0.159 e. The van der Waals surface area contributed by atoms with Gasteiger partial charge in [-0.15, -0.1) is 5.10 Å². The Morgan fingerprint density at radius 1 is 1.18 bits per heavy atom. The van der Waals surface area contributed by atoms with Gasteiger partial charge in [0.2, 0.25) is 0 Å². The third kappa shape index (κ3) is 2.24. The second kappa shape index (κ2) is 4.72. The Kier molecular flexibility index (Phi) is 3.29. The fourth-order valence-electron chi connectivity index (χ4n) is 1.81. The van der Waals surface area contributed by atoms with E-state index in [2.05, 4.69) is 10.2 Å². The van der Waals surface area contributed by atoms with E-state index in [4.69, 9.17) is 16.3 Å². The van der Waals surface area contributed by atoms with E-state index < -0.39 is 0 Å². The molecule has 0 spiro atoms. The molecule has 3 nitrogen and oxygen atoms in total. The van der Waals surface area contributed by atoms with Crippen LogP contribution in [-0.2, 0) is 0 Å². The van der Waals surface area contributed by atoms with Crippen LogP contribution >= 0.6 is 11.6 Å². The summed E-state index contributed by atoms with van der Waals surface area (Å²) >= 11 is 6.10. The van der Waals surface area contributed by atoms with Gasteiger partial charge in [-0.25, -0.2) is 0 Å². The first-order valence-electron chi connectivity index (χ1n) is 5.26. The summed E-state index contributed by atoms with van der Waals surface area (Å²) < 4.78 is 5.19. The minimum atomic E-state index is 0.429. The van der Waals surface area contributed by atoms with Crippen LogP contribution in [0.3, 0.4) is 0 Å². The quantitative estimate of drug-likeness (QED) is 0.817. The third-order valence-corrected chi connectivity index (χ3v) is 2.97. The van der Waals surface area contributed by atoms with Gasteiger partial charge in [-0.1, -0.05) is 17.7 Å². The molecule has 17 heavy (non-hydrogen) atoms. The summed E-state index contributed by atoms with van der Waals surface area (Å²) in [5, 5.41) is 8.14. The van der Waals surface area contributed by atoms with Gasteiger partial charge < -0.3 is 4.74 Å².